The molecule has 0 saturated heterocycles. The van der Waals surface area contributed by atoms with Crippen molar-refractivity contribution in [1.82, 2.24) is 0 Å². The monoisotopic (exact) mass is 233 g/mol. The Hall–Kier alpha value is -1.84. The quantitative estimate of drug-likeness (QED) is 0.793. The summed E-state index contributed by atoms with van der Waals surface area (Å²) in [6.45, 7) is 3.90. The van der Waals surface area contributed by atoms with Crippen molar-refractivity contribution in [3.05, 3.63) is 29.8 Å². The predicted molar refractivity (Wildman–Crippen MR) is 64.0 cm³/mol. The molecule has 90 valence electrons. The predicted octanol–water partition coefficient (Wildman–Crippen LogP) is 1.83. The Morgan fingerprint density at radius 3 is 2.65 bits per heavy atom. The molecular formula is C13H15NO3. The number of nitrogens with zero attached hydrogens (tertiary/aromatic N) is 1. The number of hydrogen-bond donors (Lipinski definition) is 1. The number of para-hydroxylation sites is 1. The molecular weight excluding hydrogens is 218 g/mol. The lowest BCUT2D eigenvalue weighted by molar-refractivity contribution is -0.140. The highest BCUT2D eigenvalue weighted by Gasteiger charge is 2.39. The topological polar surface area (TPSA) is 57.6 Å². The molecule has 4 heteroatoms. The highest BCUT2D eigenvalue weighted by atomic mass is 16.4. The van der Waals surface area contributed by atoms with Crippen LogP contribution < -0.4 is 4.90 Å². The van der Waals surface area contributed by atoms with Gasteiger partial charge >= 0.3 is 5.97 Å². The average Bonchev–Trinajstić information content (AvgIpc) is 2.45. The summed E-state index contributed by atoms with van der Waals surface area (Å²) in [5.74, 6) is -1.44. The summed E-state index contributed by atoms with van der Waals surface area (Å²) >= 11 is 0. The zero-order valence-corrected chi connectivity index (χ0v) is 9.93. The Morgan fingerprint density at radius 2 is 2.00 bits per heavy atom. The molecule has 1 aliphatic rings. The van der Waals surface area contributed by atoms with Crippen LogP contribution in [-0.4, -0.2) is 22.5 Å². The molecule has 0 saturated carbocycles. The van der Waals surface area contributed by atoms with Gasteiger partial charge in [-0.2, -0.15) is 0 Å². The van der Waals surface area contributed by atoms with Crippen molar-refractivity contribution >= 4 is 17.6 Å². The number of hydrogen-bond acceptors (Lipinski definition) is 2. The Kier molecular flexibility index (Phi) is 2.65. The second kappa shape index (κ2) is 3.87. The maximum atomic E-state index is 12.0. The van der Waals surface area contributed by atoms with Gasteiger partial charge < -0.3 is 10.0 Å². The number of rotatable bonds is 2. The molecule has 1 aromatic rings. The van der Waals surface area contributed by atoms with Crippen molar-refractivity contribution < 1.29 is 14.7 Å². The maximum Gasteiger partial charge on any atom is 0.312 e. The van der Waals surface area contributed by atoms with E-state index in [1.54, 1.807) is 4.90 Å². The van der Waals surface area contributed by atoms with Crippen LogP contribution in [0.15, 0.2) is 24.3 Å². The lowest BCUT2D eigenvalue weighted by Gasteiger charge is -2.31. The lowest BCUT2D eigenvalue weighted by atomic mass is 9.99. The summed E-state index contributed by atoms with van der Waals surface area (Å²) in [4.78, 5) is 24.2. The number of carboxylic acid groups (broad SMARTS) is 1. The number of benzene rings is 1. The van der Waals surface area contributed by atoms with Crippen molar-refractivity contribution in [2.75, 3.05) is 4.90 Å². The van der Waals surface area contributed by atoms with E-state index in [2.05, 4.69) is 0 Å². The van der Waals surface area contributed by atoms with Gasteiger partial charge in [-0.15, -0.1) is 0 Å². The lowest BCUT2D eigenvalue weighted by Crippen LogP contribution is -2.46. The van der Waals surface area contributed by atoms with Gasteiger partial charge in [-0.1, -0.05) is 18.2 Å². The molecule has 0 fully saturated rings. The third-order valence-electron chi connectivity index (χ3n) is 3.01. The molecule has 0 atom stereocenters. The largest absolute Gasteiger partial charge is 0.481 e. The van der Waals surface area contributed by atoms with Crippen molar-refractivity contribution in [1.29, 1.82) is 0 Å². The van der Waals surface area contributed by atoms with Crippen molar-refractivity contribution in [3.63, 3.8) is 0 Å². The van der Waals surface area contributed by atoms with E-state index in [0.29, 0.717) is 0 Å². The van der Waals surface area contributed by atoms with Crippen LogP contribution in [0.3, 0.4) is 0 Å². The summed E-state index contributed by atoms with van der Waals surface area (Å²) < 4.78 is 0. The van der Waals surface area contributed by atoms with Crippen LogP contribution in [-0.2, 0) is 16.0 Å². The SMILES string of the molecule is CC1(C)Cc2ccccc2N1C(=O)CC(=O)O. The summed E-state index contributed by atoms with van der Waals surface area (Å²) in [6.07, 6.45) is 0.298. The molecule has 0 radical (unpaired) electrons. The molecule has 0 aromatic heterocycles. The summed E-state index contributed by atoms with van der Waals surface area (Å²) in [5.41, 5.74) is 1.58. The minimum Gasteiger partial charge on any atom is -0.481 e. The number of carboxylic acids is 1. The third-order valence-corrected chi connectivity index (χ3v) is 3.01. The van der Waals surface area contributed by atoms with Crippen LogP contribution >= 0.6 is 0 Å². The third kappa shape index (κ3) is 2.02. The van der Waals surface area contributed by atoms with Crippen molar-refractivity contribution in [2.45, 2.75) is 32.2 Å². The van der Waals surface area contributed by atoms with E-state index in [-0.39, 0.29) is 11.4 Å². The summed E-state index contributed by atoms with van der Waals surface area (Å²) in [7, 11) is 0. The summed E-state index contributed by atoms with van der Waals surface area (Å²) in [6, 6.07) is 7.64. The minimum absolute atomic E-state index is 0.351. The Bertz CT molecular complexity index is 479. The smallest absolute Gasteiger partial charge is 0.312 e. The fraction of sp³-hybridized carbons (Fsp3) is 0.385. The zero-order valence-electron chi connectivity index (χ0n) is 9.93. The molecule has 1 heterocycles. The van der Waals surface area contributed by atoms with Crippen LogP contribution in [0, 0.1) is 0 Å². The van der Waals surface area contributed by atoms with Crippen molar-refractivity contribution in [2.24, 2.45) is 0 Å². The van der Waals surface area contributed by atoms with E-state index >= 15 is 0 Å². The van der Waals surface area contributed by atoms with E-state index in [1.807, 2.05) is 38.1 Å². The normalized spacial score (nSPS) is 16.7. The number of carbonyl (C=O) groups excluding carboxylic acids is 1. The number of carbonyl (C=O) groups is 2. The van der Waals surface area contributed by atoms with Crippen LogP contribution in [0.5, 0.6) is 0 Å². The van der Waals surface area contributed by atoms with Gasteiger partial charge in [0.15, 0.2) is 0 Å². The fourth-order valence-corrected chi connectivity index (χ4v) is 2.43. The van der Waals surface area contributed by atoms with E-state index in [1.165, 1.54) is 0 Å². The van der Waals surface area contributed by atoms with Gasteiger partial charge in [0.2, 0.25) is 5.91 Å². The van der Waals surface area contributed by atoms with Gasteiger partial charge in [0.05, 0.1) is 0 Å². The number of amides is 1. The molecule has 1 N–H and O–H groups in total. The first-order valence-corrected chi connectivity index (χ1v) is 5.54. The second-order valence-corrected chi connectivity index (χ2v) is 4.92. The minimum atomic E-state index is -1.09. The standard InChI is InChI=1S/C13H15NO3/c1-13(2)8-9-5-3-4-6-10(9)14(13)11(15)7-12(16)17/h3-6H,7-8H2,1-2H3,(H,16,17). The van der Waals surface area contributed by atoms with Crippen molar-refractivity contribution in [3.8, 4) is 0 Å². The molecule has 1 amide bonds. The van der Waals surface area contributed by atoms with Gasteiger partial charge in [0, 0.05) is 11.2 Å². The Balaban J connectivity index is 2.38. The Labute approximate surface area is 99.9 Å². The average molecular weight is 233 g/mol. The van der Waals surface area contributed by atoms with E-state index in [0.717, 1.165) is 17.7 Å². The molecule has 0 spiro atoms. The molecule has 0 unspecified atom stereocenters. The van der Waals surface area contributed by atoms with Gasteiger partial charge in [0.25, 0.3) is 0 Å². The van der Waals surface area contributed by atoms with E-state index < -0.39 is 12.4 Å². The van der Waals surface area contributed by atoms with Gasteiger partial charge in [-0.25, -0.2) is 0 Å². The molecule has 1 aliphatic heterocycles. The number of anilines is 1. The van der Waals surface area contributed by atoms with Gasteiger partial charge in [0.1, 0.15) is 6.42 Å². The maximum absolute atomic E-state index is 12.0. The first kappa shape index (κ1) is 11.6. The highest BCUT2D eigenvalue weighted by molar-refractivity contribution is 6.05. The first-order valence-electron chi connectivity index (χ1n) is 5.54. The highest BCUT2D eigenvalue weighted by Crippen LogP contribution is 2.38. The second-order valence-electron chi connectivity index (χ2n) is 4.92. The summed E-state index contributed by atoms with van der Waals surface area (Å²) in [5, 5.41) is 8.71. The van der Waals surface area contributed by atoms with Gasteiger partial charge in [-0.3, -0.25) is 9.59 Å². The molecule has 2 rings (SSSR count). The first-order chi connectivity index (χ1) is 7.92. The molecule has 1 aromatic carbocycles. The van der Waals surface area contributed by atoms with Crippen LogP contribution in [0.4, 0.5) is 5.69 Å². The van der Waals surface area contributed by atoms with Crippen LogP contribution in [0.25, 0.3) is 0 Å². The van der Waals surface area contributed by atoms with Crippen LogP contribution in [0.2, 0.25) is 0 Å². The molecule has 17 heavy (non-hydrogen) atoms. The van der Waals surface area contributed by atoms with E-state index in [4.69, 9.17) is 5.11 Å². The van der Waals surface area contributed by atoms with E-state index in [9.17, 15) is 9.59 Å². The Morgan fingerprint density at radius 1 is 1.35 bits per heavy atom. The number of fused-ring (bicyclic) bond motifs is 1. The fourth-order valence-electron chi connectivity index (χ4n) is 2.43. The molecule has 0 aliphatic carbocycles. The zero-order chi connectivity index (χ0) is 12.6. The van der Waals surface area contributed by atoms with Gasteiger partial charge in [-0.05, 0) is 31.9 Å². The van der Waals surface area contributed by atoms with Crippen LogP contribution in [0.1, 0.15) is 25.8 Å². The number of aliphatic carboxylic acids is 1. The molecule has 4 nitrogen and oxygen atoms in total. The molecule has 0 bridgehead atoms.